The quantitative estimate of drug-likeness (QED) is 0.775. The molecule has 0 saturated heterocycles. The summed E-state index contributed by atoms with van der Waals surface area (Å²) in [5.41, 5.74) is 0. The zero-order valence-electron chi connectivity index (χ0n) is 11.5. The normalized spacial score (nSPS) is 15.4. The molecule has 0 unspecified atom stereocenters. The number of thiophene rings is 2. The molecule has 2 heterocycles. The predicted octanol–water partition coefficient (Wildman–Crippen LogP) is 2.58. The van der Waals surface area contributed by atoms with Gasteiger partial charge in [-0.2, -0.15) is 0 Å². The van der Waals surface area contributed by atoms with Crippen LogP contribution in [0.3, 0.4) is 0 Å². The highest BCUT2D eigenvalue weighted by molar-refractivity contribution is 7.89. The first-order valence-corrected chi connectivity index (χ1v) is 10.2. The van der Waals surface area contributed by atoms with Crippen molar-refractivity contribution >= 4 is 32.7 Å². The molecule has 1 aliphatic carbocycles. The van der Waals surface area contributed by atoms with E-state index in [1.165, 1.54) is 29.1 Å². The van der Waals surface area contributed by atoms with Crippen LogP contribution in [0, 0.1) is 0 Å². The maximum absolute atomic E-state index is 12.4. The molecule has 0 aliphatic heterocycles. The molecule has 1 saturated carbocycles. The molecule has 0 aromatic carbocycles. The van der Waals surface area contributed by atoms with Crippen molar-refractivity contribution in [1.29, 1.82) is 0 Å². The van der Waals surface area contributed by atoms with Crippen molar-refractivity contribution in [2.75, 3.05) is 6.54 Å². The van der Waals surface area contributed by atoms with Crippen molar-refractivity contribution < 1.29 is 8.42 Å². The van der Waals surface area contributed by atoms with Gasteiger partial charge in [-0.25, -0.2) is 13.1 Å². The van der Waals surface area contributed by atoms with Crippen LogP contribution in [-0.2, 0) is 23.0 Å². The molecular formula is C14H18N2O2S3. The molecule has 0 radical (unpaired) electrons. The third-order valence-corrected chi connectivity index (χ3v) is 6.90. The maximum Gasteiger partial charge on any atom is 0.241 e. The van der Waals surface area contributed by atoms with Gasteiger partial charge < -0.3 is 5.32 Å². The molecule has 1 aliphatic rings. The fraction of sp³-hybridized carbons (Fsp3) is 0.429. The highest BCUT2D eigenvalue weighted by atomic mass is 32.2. The molecule has 0 atom stereocenters. The molecule has 21 heavy (non-hydrogen) atoms. The topological polar surface area (TPSA) is 58.2 Å². The standard InChI is InChI=1S/C14H18N2O2S3/c17-21(18,16-7-5-12-2-1-8-19-12)14-6-9-20-13(14)10-15-11-3-4-11/h1-2,6,8-9,11,15-16H,3-5,7,10H2. The van der Waals surface area contributed by atoms with Gasteiger partial charge in [0.05, 0.1) is 4.90 Å². The minimum atomic E-state index is -3.40. The van der Waals surface area contributed by atoms with Crippen LogP contribution >= 0.6 is 22.7 Å². The van der Waals surface area contributed by atoms with Crippen molar-refractivity contribution in [2.24, 2.45) is 0 Å². The van der Waals surface area contributed by atoms with E-state index in [1.54, 1.807) is 17.4 Å². The molecule has 3 rings (SSSR count). The number of hydrogen-bond donors (Lipinski definition) is 2. The fourth-order valence-corrected chi connectivity index (χ4v) is 5.20. The molecule has 1 fully saturated rings. The van der Waals surface area contributed by atoms with Crippen LogP contribution in [0.5, 0.6) is 0 Å². The van der Waals surface area contributed by atoms with Crippen LogP contribution in [0.1, 0.15) is 22.6 Å². The maximum atomic E-state index is 12.4. The van der Waals surface area contributed by atoms with Gasteiger partial charge in [0.1, 0.15) is 0 Å². The van der Waals surface area contributed by atoms with Crippen LogP contribution in [0.25, 0.3) is 0 Å². The second-order valence-corrected chi connectivity index (χ2v) is 8.86. The summed E-state index contributed by atoms with van der Waals surface area (Å²) in [4.78, 5) is 2.51. The largest absolute Gasteiger partial charge is 0.309 e. The van der Waals surface area contributed by atoms with Crippen molar-refractivity contribution in [2.45, 2.75) is 36.7 Å². The van der Waals surface area contributed by atoms with Gasteiger partial charge >= 0.3 is 0 Å². The third kappa shape index (κ3) is 4.14. The van der Waals surface area contributed by atoms with Crippen LogP contribution in [-0.4, -0.2) is 21.0 Å². The van der Waals surface area contributed by atoms with Gasteiger partial charge in [-0.15, -0.1) is 22.7 Å². The SMILES string of the molecule is O=S(=O)(NCCc1cccs1)c1ccsc1CNC1CC1. The van der Waals surface area contributed by atoms with E-state index in [9.17, 15) is 8.42 Å². The van der Waals surface area contributed by atoms with Crippen molar-refractivity contribution in [3.8, 4) is 0 Å². The minimum absolute atomic E-state index is 0.423. The van der Waals surface area contributed by atoms with E-state index >= 15 is 0 Å². The average molecular weight is 343 g/mol. The predicted molar refractivity (Wildman–Crippen MR) is 87.4 cm³/mol. The third-order valence-electron chi connectivity index (χ3n) is 3.37. The Hall–Kier alpha value is -0.730. The lowest BCUT2D eigenvalue weighted by molar-refractivity contribution is 0.579. The van der Waals surface area contributed by atoms with Crippen molar-refractivity contribution in [3.63, 3.8) is 0 Å². The van der Waals surface area contributed by atoms with Gasteiger partial charge in [0.25, 0.3) is 0 Å². The minimum Gasteiger partial charge on any atom is -0.309 e. The Kier molecular flexibility index (Phi) is 4.75. The summed E-state index contributed by atoms with van der Waals surface area (Å²) in [5, 5.41) is 7.22. The van der Waals surface area contributed by atoms with E-state index in [0.717, 1.165) is 11.3 Å². The Bertz CT molecular complexity index is 673. The molecule has 2 N–H and O–H groups in total. The Morgan fingerprint density at radius 1 is 1.19 bits per heavy atom. The highest BCUT2D eigenvalue weighted by Crippen LogP contribution is 2.24. The zero-order valence-corrected chi connectivity index (χ0v) is 14.0. The molecular weight excluding hydrogens is 324 g/mol. The molecule has 2 aromatic heterocycles. The number of hydrogen-bond acceptors (Lipinski definition) is 5. The molecule has 2 aromatic rings. The van der Waals surface area contributed by atoms with E-state index in [0.29, 0.717) is 24.0 Å². The molecule has 114 valence electrons. The van der Waals surface area contributed by atoms with Gasteiger partial charge in [-0.05, 0) is 42.2 Å². The van der Waals surface area contributed by atoms with E-state index < -0.39 is 10.0 Å². The van der Waals surface area contributed by atoms with Gasteiger partial charge in [-0.1, -0.05) is 6.07 Å². The van der Waals surface area contributed by atoms with E-state index in [2.05, 4.69) is 10.0 Å². The Balaban J connectivity index is 1.59. The summed E-state index contributed by atoms with van der Waals surface area (Å²) in [6.45, 7) is 1.08. The van der Waals surface area contributed by atoms with E-state index in [-0.39, 0.29) is 0 Å². The Labute approximate surface area is 133 Å². The lowest BCUT2D eigenvalue weighted by Crippen LogP contribution is -2.27. The van der Waals surface area contributed by atoms with Gasteiger partial charge in [0.15, 0.2) is 0 Å². The molecule has 7 heteroatoms. The first-order chi connectivity index (χ1) is 10.1. The molecule has 0 bridgehead atoms. The summed E-state index contributed by atoms with van der Waals surface area (Å²) in [6, 6.07) is 6.28. The summed E-state index contributed by atoms with van der Waals surface area (Å²) in [7, 11) is -3.40. The van der Waals surface area contributed by atoms with Crippen LogP contribution in [0.15, 0.2) is 33.9 Å². The van der Waals surface area contributed by atoms with Gasteiger partial charge in [0, 0.05) is 28.9 Å². The number of sulfonamides is 1. The average Bonchev–Trinajstić information content (AvgIpc) is 2.93. The number of nitrogens with one attached hydrogen (secondary N) is 2. The van der Waals surface area contributed by atoms with E-state index in [1.807, 2.05) is 22.9 Å². The fourth-order valence-electron chi connectivity index (χ4n) is 2.06. The molecule has 0 spiro atoms. The summed E-state index contributed by atoms with van der Waals surface area (Å²) in [6.07, 6.45) is 3.13. The van der Waals surface area contributed by atoms with Crippen LogP contribution in [0.2, 0.25) is 0 Å². The zero-order chi connectivity index (χ0) is 14.7. The second kappa shape index (κ2) is 6.58. The monoisotopic (exact) mass is 342 g/mol. The Morgan fingerprint density at radius 3 is 2.76 bits per heavy atom. The van der Waals surface area contributed by atoms with E-state index in [4.69, 9.17) is 0 Å². The summed E-state index contributed by atoms with van der Waals surface area (Å²) >= 11 is 3.15. The molecule has 4 nitrogen and oxygen atoms in total. The van der Waals surface area contributed by atoms with Crippen LogP contribution < -0.4 is 10.0 Å². The lowest BCUT2D eigenvalue weighted by Gasteiger charge is -2.08. The summed E-state index contributed by atoms with van der Waals surface area (Å²) < 4.78 is 27.4. The second-order valence-electron chi connectivity index (χ2n) is 5.09. The summed E-state index contributed by atoms with van der Waals surface area (Å²) in [5.74, 6) is 0. The smallest absolute Gasteiger partial charge is 0.241 e. The number of rotatable bonds is 8. The lowest BCUT2D eigenvalue weighted by atomic mass is 10.3. The highest BCUT2D eigenvalue weighted by Gasteiger charge is 2.23. The van der Waals surface area contributed by atoms with Gasteiger partial charge in [-0.3, -0.25) is 0 Å². The Morgan fingerprint density at radius 2 is 2.05 bits per heavy atom. The first-order valence-electron chi connectivity index (χ1n) is 6.97. The van der Waals surface area contributed by atoms with Crippen LogP contribution in [0.4, 0.5) is 0 Å². The van der Waals surface area contributed by atoms with Crippen molar-refractivity contribution in [1.82, 2.24) is 10.0 Å². The van der Waals surface area contributed by atoms with Crippen molar-refractivity contribution in [3.05, 3.63) is 38.7 Å². The first kappa shape index (κ1) is 15.2. The molecule has 0 amide bonds. The van der Waals surface area contributed by atoms with Gasteiger partial charge in [0.2, 0.25) is 10.0 Å².